The van der Waals surface area contributed by atoms with Crippen LogP contribution in [0.5, 0.6) is 0 Å². The predicted octanol–water partition coefficient (Wildman–Crippen LogP) is 3.02. The van der Waals surface area contributed by atoms with Gasteiger partial charge in [0, 0.05) is 18.3 Å². The number of anilines is 3. The summed E-state index contributed by atoms with van der Waals surface area (Å²) < 4.78 is 13.2. The van der Waals surface area contributed by atoms with Gasteiger partial charge in [0.1, 0.15) is 23.8 Å². The normalized spacial score (nSPS) is 10.2. The molecule has 5 heteroatoms. The van der Waals surface area contributed by atoms with Gasteiger partial charge in [-0.3, -0.25) is 0 Å². The Labute approximate surface area is 105 Å². The molecule has 0 fully saturated rings. The van der Waals surface area contributed by atoms with E-state index in [0.717, 1.165) is 17.1 Å². The second-order valence-electron chi connectivity index (χ2n) is 4.03. The van der Waals surface area contributed by atoms with E-state index in [1.165, 1.54) is 12.4 Å². The quantitative estimate of drug-likeness (QED) is 0.874. The fourth-order valence-corrected chi connectivity index (χ4v) is 1.69. The van der Waals surface area contributed by atoms with Crippen molar-refractivity contribution >= 4 is 17.3 Å². The molecular formula is C13H15FN4. The third-order valence-corrected chi connectivity index (χ3v) is 2.74. The molecule has 1 aromatic carbocycles. The van der Waals surface area contributed by atoms with Crippen molar-refractivity contribution < 1.29 is 4.39 Å². The SMILES string of the molecule is CNc1ncnc(Nc2ccc(F)c(C)c2)c1C. The first-order chi connectivity index (χ1) is 8.61. The molecule has 0 saturated carbocycles. The Bertz CT molecular complexity index is 569. The molecule has 2 rings (SSSR count). The zero-order valence-electron chi connectivity index (χ0n) is 10.6. The van der Waals surface area contributed by atoms with E-state index >= 15 is 0 Å². The van der Waals surface area contributed by atoms with Crippen LogP contribution >= 0.6 is 0 Å². The van der Waals surface area contributed by atoms with E-state index in [1.807, 2.05) is 6.92 Å². The molecule has 0 saturated heterocycles. The van der Waals surface area contributed by atoms with E-state index < -0.39 is 0 Å². The lowest BCUT2D eigenvalue weighted by atomic mass is 10.2. The van der Waals surface area contributed by atoms with Crippen LogP contribution in [0.3, 0.4) is 0 Å². The van der Waals surface area contributed by atoms with Crippen molar-refractivity contribution in [2.75, 3.05) is 17.7 Å². The Balaban J connectivity index is 2.31. The Morgan fingerprint density at radius 1 is 1.11 bits per heavy atom. The van der Waals surface area contributed by atoms with E-state index in [1.54, 1.807) is 26.1 Å². The van der Waals surface area contributed by atoms with Crippen LogP contribution in [0.2, 0.25) is 0 Å². The second-order valence-corrected chi connectivity index (χ2v) is 4.03. The lowest BCUT2D eigenvalue weighted by Crippen LogP contribution is -2.02. The average molecular weight is 246 g/mol. The van der Waals surface area contributed by atoms with Crippen LogP contribution in [0.15, 0.2) is 24.5 Å². The Kier molecular flexibility index (Phi) is 3.41. The van der Waals surface area contributed by atoms with Gasteiger partial charge in [0.05, 0.1) is 0 Å². The smallest absolute Gasteiger partial charge is 0.138 e. The van der Waals surface area contributed by atoms with Crippen LogP contribution in [-0.2, 0) is 0 Å². The van der Waals surface area contributed by atoms with Crippen LogP contribution in [0.1, 0.15) is 11.1 Å². The maximum Gasteiger partial charge on any atom is 0.138 e. The van der Waals surface area contributed by atoms with Crippen molar-refractivity contribution in [3.8, 4) is 0 Å². The third-order valence-electron chi connectivity index (χ3n) is 2.74. The molecule has 0 aliphatic heterocycles. The van der Waals surface area contributed by atoms with Gasteiger partial charge in [-0.2, -0.15) is 0 Å². The minimum atomic E-state index is -0.212. The first-order valence-electron chi connectivity index (χ1n) is 5.64. The highest BCUT2D eigenvalue weighted by atomic mass is 19.1. The molecule has 0 radical (unpaired) electrons. The Hall–Kier alpha value is -2.17. The second kappa shape index (κ2) is 5.00. The maximum absolute atomic E-state index is 13.2. The molecule has 18 heavy (non-hydrogen) atoms. The van der Waals surface area contributed by atoms with Gasteiger partial charge in [-0.25, -0.2) is 14.4 Å². The number of rotatable bonds is 3. The van der Waals surface area contributed by atoms with Crippen LogP contribution < -0.4 is 10.6 Å². The molecule has 0 unspecified atom stereocenters. The minimum absolute atomic E-state index is 0.212. The highest BCUT2D eigenvalue weighted by molar-refractivity contribution is 5.64. The lowest BCUT2D eigenvalue weighted by molar-refractivity contribution is 0.619. The number of aromatic nitrogens is 2. The molecule has 4 nitrogen and oxygen atoms in total. The predicted molar refractivity (Wildman–Crippen MR) is 70.7 cm³/mol. The standard InChI is InChI=1S/C13H15FN4/c1-8-6-10(4-5-11(8)14)18-13-9(2)12(15-3)16-7-17-13/h4-7H,1-3H3,(H2,15,16,17,18). The van der Waals surface area contributed by atoms with E-state index in [0.29, 0.717) is 11.4 Å². The van der Waals surface area contributed by atoms with Gasteiger partial charge in [0.2, 0.25) is 0 Å². The molecule has 0 spiro atoms. The van der Waals surface area contributed by atoms with Gasteiger partial charge < -0.3 is 10.6 Å². The van der Waals surface area contributed by atoms with Gasteiger partial charge in [-0.1, -0.05) is 0 Å². The summed E-state index contributed by atoms with van der Waals surface area (Å²) in [6.07, 6.45) is 1.48. The fourth-order valence-electron chi connectivity index (χ4n) is 1.69. The van der Waals surface area contributed by atoms with E-state index in [-0.39, 0.29) is 5.82 Å². The largest absolute Gasteiger partial charge is 0.373 e. The Morgan fingerprint density at radius 2 is 1.83 bits per heavy atom. The summed E-state index contributed by atoms with van der Waals surface area (Å²) >= 11 is 0. The number of nitrogens with one attached hydrogen (secondary N) is 2. The van der Waals surface area contributed by atoms with Crippen molar-refractivity contribution in [3.05, 3.63) is 41.5 Å². The molecule has 1 heterocycles. The molecule has 2 N–H and O–H groups in total. The molecule has 0 aliphatic carbocycles. The molecule has 0 amide bonds. The molecule has 0 atom stereocenters. The summed E-state index contributed by atoms with van der Waals surface area (Å²) in [5.74, 6) is 1.27. The van der Waals surface area contributed by atoms with Gasteiger partial charge in [0.15, 0.2) is 0 Å². The fraction of sp³-hybridized carbons (Fsp3) is 0.231. The van der Waals surface area contributed by atoms with Gasteiger partial charge in [0.25, 0.3) is 0 Å². The Morgan fingerprint density at radius 3 is 2.50 bits per heavy atom. The molecular weight excluding hydrogens is 231 g/mol. The number of aryl methyl sites for hydroxylation is 1. The maximum atomic E-state index is 13.2. The van der Waals surface area contributed by atoms with E-state index in [2.05, 4.69) is 20.6 Å². The monoisotopic (exact) mass is 246 g/mol. The third kappa shape index (κ3) is 2.40. The molecule has 94 valence electrons. The highest BCUT2D eigenvalue weighted by Gasteiger charge is 2.06. The lowest BCUT2D eigenvalue weighted by Gasteiger charge is -2.11. The molecule has 2 aromatic rings. The van der Waals surface area contributed by atoms with Crippen molar-refractivity contribution in [2.45, 2.75) is 13.8 Å². The summed E-state index contributed by atoms with van der Waals surface area (Å²) in [6.45, 7) is 3.65. The van der Waals surface area contributed by atoms with E-state index in [9.17, 15) is 4.39 Å². The van der Waals surface area contributed by atoms with Gasteiger partial charge in [-0.05, 0) is 37.6 Å². The van der Waals surface area contributed by atoms with E-state index in [4.69, 9.17) is 0 Å². The number of hydrogen-bond donors (Lipinski definition) is 2. The molecule has 0 bridgehead atoms. The van der Waals surface area contributed by atoms with Crippen molar-refractivity contribution in [1.29, 1.82) is 0 Å². The summed E-state index contributed by atoms with van der Waals surface area (Å²) in [4.78, 5) is 8.29. The number of hydrogen-bond acceptors (Lipinski definition) is 4. The average Bonchev–Trinajstić information content (AvgIpc) is 2.36. The molecule has 0 aliphatic rings. The zero-order valence-corrected chi connectivity index (χ0v) is 10.6. The topological polar surface area (TPSA) is 49.8 Å². The first-order valence-corrected chi connectivity index (χ1v) is 5.64. The summed E-state index contributed by atoms with van der Waals surface area (Å²) in [6, 6.07) is 4.87. The van der Waals surface area contributed by atoms with Crippen LogP contribution in [0.4, 0.5) is 21.7 Å². The summed E-state index contributed by atoms with van der Waals surface area (Å²) in [5, 5.41) is 6.15. The summed E-state index contributed by atoms with van der Waals surface area (Å²) in [7, 11) is 1.81. The van der Waals surface area contributed by atoms with Crippen LogP contribution in [-0.4, -0.2) is 17.0 Å². The van der Waals surface area contributed by atoms with Gasteiger partial charge >= 0.3 is 0 Å². The van der Waals surface area contributed by atoms with Crippen molar-refractivity contribution in [2.24, 2.45) is 0 Å². The van der Waals surface area contributed by atoms with Crippen molar-refractivity contribution in [1.82, 2.24) is 9.97 Å². The first kappa shape index (κ1) is 12.3. The molecule has 1 aromatic heterocycles. The van der Waals surface area contributed by atoms with Crippen LogP contribution in [0, 0.1) is 19.7 Å². The zero-order chi connectivity index (χ0) is 13.1. The minimum Gasteiger partial charge on any atom is -0.373 e. The highest BCUT2D eigenvalue weighted by Crippen LogP contribution is 2.23. The number of nitrogens with zero attached hydrogens (tertiary/aromatic N) is 2. The summed E-state index contributed by atoms with van der Waals surface area (Å²) in [5.41, 5.74) is 2.32. The van der Waals surface area contributed by atoms with Gasteiger partial charge in [-0.15, -0.1) is 0 Å². The van der Waals surface area contributed by atoms with Crippen LogP contribution in [0.25, 0.3) is 0 Å². The number of benzene rings is 1. The number of halogens is 1. The van der Waals surface area contributed by atoms with Crippen molar-refractivity contribution in [3.63, 3.8) is 0 Å².